The van der Waals surface area contributed by atoms with Crippen LogP contribution in [0.5, 0.6) is 0 Å². The minimum Gasteiger partial charge on any atom is -0.478 e. The van der Waals surface area contributed by atoms with Crippen LogP contribution in [0.25, 0.3) is 0 Å². The highest BCUT2D eigenvalue weighted by Crippen LogP contribution is 2.29. The lowest BCUT2D eigenvalue weighted by atomic mass is 9.83. The van der Waals surface area contributed by atoms with Gasteiger partial charge in [0.05, 0.1) is 10.5 Å². The Morgan fingerprint density at radius 3 is 2.58 bits per heavy atom. The Morgan fingerprint density at radius 2 is 2.05 bits per heavy atom. The van der Waals surface area contributed by atoms with Crippen molar-refractivity contribution < 1.29 is 18.3 Å². The maximum Gasteiger partial charge on any atom is 0.335 e. The second kappa shape index (κ2) is 5.22. The van der Waals surface area contributed by atoms with Crippen molar-refractivity contribution in [3.8, 4) is 0 Å². The number of hydrogen-bond acceptors (Lipinski definition) is 3. The molecule has 0 heterocycles. The van der Waals surface area contributed by atoms with Gasteiger partial charge in [0.2, 0.25) is 10.0 Å². The molecule has 2 rings (SSSR count). The number of hydrogen-bond donors (Lipinski definition) is 2. The summed E-state index contributed by atoms with van der Waals surface area (Å²) in [5.41, 5.74) is -0.0504. The Bertz CT molecular complexity index is 608. The largest absolute Gasteiger partial charge is 0.478 e. The third-order valence-corrected chi connectivity index (χ3v) is 5.68. The Hall–Kier alpha value is -0.920. The number of aromatic carboxylic acids is 1. The summed E-state index contributed by atoms with van der Waals surface area (Å²) in [6.07, 6.45) is 1.63. The summed E-state index contributed by atoms with van der Waals surface area (Å²) in [6.45, 7) is 2.06. The molecule has 0 unspecified atom stereocenters. The molecule has 0 aromatic heterocycles. The average Bonchev–Trinajstić information content (AvgIpc) is 2.26. The monoisotopic (exact) mass is 347 g/mol. The molecule has 104 valence electrons. The van der Waals surface area contributed by atoms with Gasteiger partial charge in [-0.05, 0) is 52.9 Å². The van der Waals surface area contributed by atoms with E-state index in [1.165, 1.54) is 12.1 Å². The molecule has 1 aliphatic rings. The van der Waals surface area contributed by atoms with Gasteiger partial charge in [-0.1, -0.05) is 6.92 Å². The molecule has 19 heavy (non-hydrogen) atoms. The van der Waals surface area contributed by atoms with Gasteiger partial charge in [0, 0.05) is 10.5 Å². The molecule has 0 spiro atoms. The first-order valence-electron chi connectivity index (χ1n) is 5.85. The van der Waals surface area contributed by atoms with Crippen molar-refractivity contribution >= 4 is 31.9 Å². The van der Waals surface area contributed by atoms with Gasteiger partial charge in [0.15, 0.2) is 0 Å². The minimum absolute atomic E-state index is 0.0352. The highest BCUT2D eigenvalue weighted by Gasteiger charge is 2.30. The lowest BCUT2D eigenvalue weighted by Gasteiger charge is -2.33. The molecule has 1 aliphatic carbocycles. The van der Waals surface area contributed by atoms with Gasteiger partial charge in [-0.15, -0.1) is 0 Å². The number of carboxylic acids is 1. The molecular weight excluding hydrogens is 334 g/mol. The van der Waals surface area contributed by atoms with E-state index in [1.807, 2.05) is 0 Å². The smallest absolute Gasteiger partial charge is 0.335 e. The summed E-state index contributed by atoms with van der Waals surface area (Å²) in [6, 6.07) is 3.90. The molecule has 1 fully saturated rings. The Balaban J connectivity index is 2.29. The van der Waals surface area contributed by atoms with Crippen LogP contribution in [0.4, 0.5) is 0 Å². The van der Waals surface area contributed by atoms with Crippen LogP contribution in [0, 0.1) is 5.92 Å². The number of benzene rings is 1. The maximum absolute atomic E-state index is 12.2. The summed E-state index contributed by atoms with van der Waals surface area (Å²) in [5, 5.41) is 8.91. The van der Waals surface area contributed by atoms with E-state index >= 15 is 0 Å². The highest BCUT2D eigenvalue weighted by molar-refractivity contribution is 9.10. The quantitative estimate of drug-likeness (QED) is 0.874. The normalized spacial score (nSPS) is 22.8. The fourth-order valence-electron chi connectivity index (χ4n) is 2.12. The molecule has 0 atom stereocenters. The van der Waals surface area contributed by atoms with Crippen LogP contribution in [-0.2, 0) is 10.0 Å². The Labute approximate surface area is 120 Å². The van der Waals surface area contributed by atoms with Gasteiger partial charge in [0.1, 0.15) is 0 Å². The lowest BCUT2D eigenvalue weighted by molar-refractivity contribution is 0.0696. The molecule has 0 aliphatic heterocycles. The number of sulfonamides is 1. The second-order valence-electron chi connectivity index (χ2n) is 4.85. The predicted molar refractivity (Wildman–Crippen MR) is 73.6 cm³/mol. The number of carboxylic acid groups (broad SMARTS) is 1. The fraction of sp³-hybridized carbons (Fsp3) is 0.417. The molecule has 0 saturated heterocycles. The van der Waals surface area contributed by atoms with Crippen LogP contribution in [-0.4, -0.2) is 25.5 Å². The Kier molecular flexibility index (Phi) is 3.98. The van der Waals surface area contributed by atoms with E-state index in [0.717, 1.165) is 18.9 Å². The molecule has 2 N–H and O–H groups in total. The zero-order valence-corrected chi connectivity index (χ0v) is 12.7. The van der Waals surface area contributed by atoms with Crippen LogP contribution in [0.15, 0.2) is 27.6 Å². The third-order valence-electron chi connectivity index (χ3n) is 3.16. The summed E-state index contributed by atoms with van der Waals surface area (Å²) in [4.78, 5) is 10.9. The van der Waals surface area contributed by atoms with E-state index in [1.54, 1.807) is 0 Å². The fourth-order valence-corrected chi connectivity index (χ4v) is 4.37. The summed E-state index contributed by atoms with van der Waals surface area (Å²) < 4.78 is 27.4. The second-order valence-corrected chi connectivity index (χ2v) is 7.38. The van der Waals surface area contributed by atoms with Crippen molar-refractivity contribution in [2.45, 2.75) is 30.7 Å². The van der Waals surface area contributed by atoms with Crippen LogP contribution in [0.2, 0.25) is 0 Å². The van der Waals surface area contributed by atoms with Gasteiger partial charge >= 0.3 is 5.97 Å². The maximum atomic E-state index is 12.2. The molecule has 5 nitrogen and oxygen atoms in total. The van der Waals surface area contributed by atoms with Crippen molar-refractivity contribution in [3.05, 3.63) is 28.2 Å². The van der Waals surface area contributed by atoms with Crippen LogP contribution in [0.3, 0.4) is 0 Å². The molecule has 1 aromatic rings. The standard InChI is InChI=1S/C12H14BrNO4S/c1-7-4-9(5-7)14-19(17,18)11-6-8(12(15)16)2-3-10(11)13/h2-3,6-7,9,14H,4-5H2,1H3,(H,15,16). The van der Waals surface area contributed by atoms with E-state index in [0.29, 0.717) is 10.4 Å². The first-order valence-corrected chi connectivity index (χ1v) is 8.12. The van der Waals surface area contributed by atoms with Crippen LogP contribution < -0.4 is 4.72 Å². The summed E-state index contributed by atoms with van der Waals surface area (Å²) in [5.74, 6) is -0.622. The highest BCUT2D eigenvalue weighted by atomic mass is 79.9. The molecule has 1 saturated carbocycles. The molecule has 1 aromatic carbocycles. The SMILES string of the molecule is CC1CC(NS(=O)(=O)c2cc(C(=O)O)ccc2Br)C1. The molecule has 0 bridgehead atoms. The van der Waals surface area contributed by atoms with Gasteiger partial charge in [-0.2, -0.15) is 0 Å². The van der Waals surface area contributed by atoms with Gasteiger partial charge in [0.25, 0.3) is 0 Å². The summed E-state index contributed by atoms with van der Waals surface area (Å²) in [7, 11) is -3.69. The number of rotatable bonds is 4. The van der Waals surface area contributed by atoms with Crippen molar-refractivity contribution in [1.82, 2.24) is 4.72 Å². The van der Waals surface area contributed by atoms with Gasteiger partial charge in [-0.3, -0.25) is 0 Å². The zero-order chi connectivity index (χ0) is 14.2. The molecule has 7 heteroatoms. The third kappa shape index (κ3) is 3.16. The number of nitrogens with one attached hydrogen (secondary N) is 1. The van der Waals surface area contributed by atoms with E-state index in [9.17, 15) is 13.2 Å². The first-order chi connectivity index (χ1) is 8.79. The topological polar surface area (TPSA) is 83.5 Å². The van der Waals surface area contributed by atoms with Crippen molar-refractivity contribution in [1.29, 1.82) is 0 Å². The zero-order valence-electron chi connectivity index (χ0n) is 10.3. The average molecular weight is 348 g/mol. The van der Waals surface area contributed by atoms with Gasteiger partial charge < -0.3 is 5.11 Å². The first kappa shape index (κ1) is 14.5. The predicted octanol–water partition coefficient (Wildman–Crippen LogP) is 2.22. The van der Waals surface area contributed by atoms with E-state index in [2.05, 4.69) is 27.6 Å². The Morgan fingerprint density at radius 1 is 1.42 bits per heavy atom. The van der Waals surface area contributed by atoms with Crippen molar-refractivity contribution in [2.75, 3.05) is 0 Å². The van der Waals surface area contributed by atoms with Crippen LogP contribution >= 0.6 is 15.9 Å². The van der Waals surface area contributed by atoms with E-state index in [4.69, 9.17) is 5.11 Å². The minimum atomic E-state index is -3.69. The summed E-state index contributed by atoms with van der Waals surface area (Å²) >= 11 is 3.15. The molecular formula is C12H14BrNO4S. The lowest BCUT2D eigenvalue weighted by Crippen LogP contribution is -2.43. The van der Waals surface area contributed by atoms with E-state index < -0.39 is 16.0 Å². The molecule has 0 radical (unpaired) electrons. The number of carbonyl (C=O) groups is 1. The van der Waals surface area contributed by atoms with Crippen LogP contribution in [0.1, 0.15) is 30.1 Å². The van der Waals surface area contributed by atoms with Gasteiger partial charge in [-0.25, -0.2) is 17.9 Å². The van der Waals surface area contributed by atoms with Crippen molar-refractivity contribution in [3.63, 3.8) is 0 Å². The number of halogens is 1. The van der Waals surface area contributed by atoms with Crippen molar-refractivity contribution in [2.24, 2.45) is 5.92 Å². The van der Waals surface area contributed by atoms with E-state index in [-0.39, 0.29) is 16.5 Å². The molecule has 0 amide bonds.